The molecule has 0 spiro atoms. The quantitative estimate of drug-likeness (QED) is 0.624. The molecular formula is C11H18N4S. The standard InChI is InChI=1S/C11H18N4S/c1-3-8-7(2)13-11(14-10(8)15-12)9-5-4-6-16-9/h9H,3-6,12H2,1-2H3,(H,13,14,15). The number of rotatable bonds is 3. The summed E-state index contributed by atoms with van der Waals surface area (Å²) in [6.07, 6.45) is 3.35. The molecule has 1 unspecified atom stereocenters. The minimum Gasteiger partial charge on any atom is -0.308 e. The van der Waals surface area contributed by atoms with Crippen LogP contribution >= 0.6 is 11.8 Å². The van der Waals surface area contributed by atoms with E-state index in [2.05, 4.69) is 22.3 Å². The number of thioether (sulfide) groups is 1. The van der Waals surface area contributed by atoms with Crippen LogP contribution in [-0.4, -0.2) is 15.7 Å². The molecule has 1 atom stereocenters. The van der Waals surface area contributed by atoms with Crippen molar-refractivity contribution in [1.29, 1.82) is 0 Å². The van der Waals surface area contributed by atoms with E-state index in [-0.39, 0.29) is 0 Å². The highest BCUT2D eigenvalue weighted by Gasteiger charge is 2.22. The molecule has 1 aromatic rings. The number of anilines is 1. The lowest BCUT2D eigenvalue weighted by atomic mass is 10.1. The lowest BCUT2D eigenvalue weighted by Gasteiger charge is -2.14. The normalized spacial score (nSPS) is 20.1. The monoisotopic (exact) mass is 238 g/mol. The number of nitrogens with zero attached hydrogens (tertiary/aromatic N) is 2. The smallest absolute Gasteiger partial charge is 0.147 e. The van der Waals surface area contributed by atoms with Crippen molar-refractivity contribution in [2.45, 2.75) is 38.4 Å². The van der Waals surface area contributed by atoms with Gasteiger partial charge in [0.1, 0.15) is 11.6 Å². The largest absolute Gasteiger partial charge is 0.308 e. The topological polar surface area (TPSA) is 63.8 Å². The molecule has 5 heteroatoms. The Hall–Kier alpha value is -0.810. The van der Waals surface area contributed by atoms with Gasteiger partial charge in [-0.15, -0.1) is 0 Å². The van der Waals surface area contributed by atoms with Crippen molar-refractivity contribution in [1.82, 2.24) is 9.97 Å². The summed E-state index contributed by atoms with van der Waals surface area (Å²) in [5.41, 5.74) is 4.86. The van der Waals surface area contributed by atoms with Gasteiger partial charge in [0, 0.05) is 11.3 Å². The van der Waals surface area contributed by atoms with Gasteiger partial charge in [-0.3, -0.25) is 0 Å². The highest BCUT2D eigenvalue weighted by atomic mass is 32.2. The van der Waals surface area contributed by atoms with E-state index >= 15 is 0 Å². The van der Waals surface area contributed by atoms with Gasteiger partial charge in [-0.25, -0.2) is 15.8 Å². The van der Waals surface area contributed by atoms with Gasteiger partial charge in [0.05, 0.1) is 5.25 Å². The van der Waals surface area contributed by atoms with Crippen molar-refractivity contribution >= 4 is 17.6 Å². The van der Waals surface area contributed by atoms with Crippen LogP contribution in [0.1, 0.15) is 42.1 Å². The van der Waals surface area contributed by atoms with Crippen molar-refractivity contribution in [3.63, 3.8) is 0 Å². The predicted octanol–water partition coefficient (Wildman–Crippen LogP) is 2.20. The third-order valence-corrected chi connectivity index (χ3v) is 4.31. The summed E-state index contributed by atoms with van der Waals surface area (Å²) in [6.45, 7) is 4.13. The van der Waals surface area contributed by atoms with Crippen LogP contribution in [-0.2, 0) is 6.42 Å². The summed E-state index contributed by atoms with van der Waals surface area (Å²) < 4.78 is 0. The van der Waals surface area contributed by atoms with Crippen LogP contribution in [0.2, 0.25) is 0 Å². The Balaban J connectivity index is 2.36. The zero-order valence-electron chi connectivity index (χ0n) is 9.79. The number of aryl methyl sites for hydroxylation is 1. The molecular weight excluding hydrogens is 220 g/mol. The van der Waals surface area contributed by atoms with Gasteiger partial charge in [0.25, 0.3) is 0 Å². The highest BCUT2D eigenvalue weighted by molar-refractivity contribution is 7.99. The molecule has 0 saturated carbocycles. The summed E-state index contributed by atoms with van der Waals surface area (Å²) >= 11 is 1.94. The first-order valence-electron chi connectivity index (χ1n) is 5.72. The van der Waals surface area contributed by atoms with Gasteiger partial charge in [-0.1, -0.05) is 6.92 Å². The highest BCUT2D eigenvalue weighted by Crippen LogP contribution is 2.38. The van der Waals surface area contributed by atoms with E-state index in [1.54, 1.807) is 0 Å². The second kappa shape index (κ2) is 5.01. The molecule has 1 aliphatic heterocycles. The zero-order chi connectivity index (χ0) is 11.5. The third kappa shape index (κ3) is 2.15. The number of hydrazine groups is 1. The van der Waals surface area contributed by atoms with Crippen molar-refractivity contribution in [2.75, 3.05) is 11.2 Å². The molecule has 1 aromatic heterocycles. The minimum absolute atomic E-state index is 0.455. The Morgan fingerprint density at radius 2 is 2.31 bits per heavy atom. The van der Waals surface area contributed by atoms with Crippen LogP contribution in [0.5, 0.6) is 0 Å². The average molecular weight is 238 g/mol. The Labute approximate surface area is 100 Å². The van der Waals surface area contributed by atoms with E-state index in [0.717, 1.165) is 29.3 Å². The minimum atomic E-state index is 0.455. The molecule has 0 radical (unpaired) electrons. The van der Waals surface area contributed by atoms with Gasteiger partial charge in [-0.2, -0.15) is 11.8 Å². The summed E-state index contributed by atoms with van der Waals surface area (Å²) in [4.78, 5) is 9.14. The number of hydrogen-bond acceptors (Lipinski definition) is 5. The molecule has 16 heavy (non-hydrogen) atoms. The van der Waals surface area contributed by atoms with Gasteiger partial charge < -0.3 is 5.43 Å². The second-order valence-electron chi connectivity index (χ2n) is 3.99. The Bertz CT molecular complexity index is 374. The van der Waals surface area contributed by atoms with Gasteiger partial charge in [0.2, 0.25) is 0 Å². The molecule has 1 aliphatic rings. The molecule has 0 amide bonds. The maximum Gasteiger partial charge on any atom is 0.147 e. The first-order chi connectivity index (χ1) is 7.76. The fourth-order valence-electron chi connectivity index (χ4n) is 2.09. The maximum absolute atomic E-state index is 5.52. The first-order valence-corrected chi connectivity index (χ1v) is 6.76. The second-order valence-corrected chi connectivity index (χ2v) is 5.30. The number of nitrogens with one attached hydrogen (secondary N) is 1. The van der Waals surface area contributed by atoms with Gasteiger partial charge in [0.15, 0.2) is 0 Å². The van der Waals surface area contributed by atoms with Crippen LogP contribution in [0.25, 0.3) is 0 Å². The first kappa shape index (κ1) is 11.7. The Kier molecular flexibility index (Phi) is 3.66. The number of aromatic nitrogens is 2. The lowest BCUT2D eigenvalue weighted by molar-refractivity contribution is 0.766. The Morgan fingerprint density at radius 3 is 2.88 bits per heavy atom. The average Bonchev–Trinajstić information content (AvgIpc) is 2.81. The molecule has 2 rings (SSSR count). The van der Waals surface area contributed by atoms with E-state index in [1.807, 2.05) is 18.7 Å². The van der Waals surface area contributed by atoms with E-state index in [4.69, 9.17) is 5.84 Å². The number of nitrogen functional groups attached to an aromatic ring is 1. The SMILES string of the molecule is CCc1c(C)nc(C2CCCS2)nc1NN. The number of hydrogen-bond donors (Lipinski definition) is 2. The van der Waals surface area contributed by atoms with Gasteiger partial charge >= 0.3 is 0 Å². The van der Waals surface area contributed by atoms with Crippen molar-refractivity contribution in [2.24, 2.45) is 5.84 Å². The molecule has 1 fully saturated rings. The van der Waals surface area contributed by atoms with E-state index in [1.165, 1.54) is 18.6 Å². The Morgan fingerprint density at radius 1 is 1.50 bits per heavy atom. The fourth-order valence-corrected chi connectivity index (χ4v) is 3.29. The van der Waals surface area contributed by atoms with Crippen molar-refractivity contribution < 1.29 is 0 Å². The van der Waals surface area contributed by atoms with Crippen LogP contribution in [0.3, 0.4) is 0 Å². The van der Waals surface area contributed by atoms with Gasteiger partial charge in [-0.05, 0) is 31.9 Å². The molecule has 4 nitrogen and oxygen atoms in total. The lowest BCUT2D eigenvalue weighted by Crippen LogP contribution is -2.15. The van der Waals surface area contributed by atoms with Crippen LogP contribution in [0.4, 0.5) is 5.82 Å². The van der Waals surface area contributed by atoms with Crippen LogP contribution in [0, 0.1) is 6.92 Å². The van der Waals surface area contributed by atoms with Crippen LogP contribution < -0.4 is 11.3 Å². The molecule has 0 aliphatic carbocycles. The predicted molar refractivity (Wildman–Crippen MR) is 68.4 cm³/mol. The maximum atomic E-state index is 5.52. The molecule has 88 valence electrons. The zero-order valence-corrected chi connectivity index (χ0v) is 10.6. The van der Waals surface area contributed by atoms with Crippen molar-refractivity contribution in [3.8, 4) is 0 Å². The molecule has 0 aromatic carbocycles. The van der Waals surface area contributed by atoms with E-state index in [0.29, 0.717) is 5.25 Å². The summed E-state index contributed by atoms with van der Waals surface area (Å²) in [7, 11) is 0. The molecule has 0 bridgehead atoms. The third-order valence-electron chi connectivity index (χ3n) is 2.94. The van der Waals surface area contributed by atoms with Crippen molar-refractivity contribution in [3.05, 3.63) is 17.1 Å². The summed E-state index contributed by atoms with van der Waals surface area (Å²) in [5, 5.41) is 0.455. The van der Waals surface area contributed by atoms with Crippen LogP contribution in [0.15, 0.2) is 0 Å². The summed E-state index contributed by atoms with van der Waals surface area (Å²) in [6, 6.07) is 0. The van der Waals surface area contributed by atoms with E-state index in [9.17, 15) is 0 Å². The molecule has 2 heterocycles. The fraction of sp³-hybridized carbons (Fsp3) is 0.636. The molecule has 1 saturated heterocycles. The van der Waals surface area contributed by atoms with E-state index < -0.39 is 0 Å². The summed E-state index contributed by atoms with van der Waals surface area (Å²) in [5.74, 6) is 8.46. The molecule has 3 N–H and O–H groups in total. The number of nitrogens with two attached hydrogens (primary N) is 1.